The van der Waals surface area contributed by atoms with E-state index in [1.54, 1.807) is 24.3 Å². The molecule has 35 heavy (non-hydrogen) atoms. The minimum absolute atomic E-state index is 0.151. The Hall–Kier alpha value is -2.22. The topological polar surface area (TPSA) is 46.5 Å². The first kappa shape index (κ1) is 24.5. The SMILES string of the molecule is O=C(OC1C[N+]2(CCCc3ccc(I)cc3)CCC1CC2)C(O)(c1ccccc1)c1ccccc1. The molecule has 182 valence electrons. The molecule has 3 aromatic carbocycles. The van der Waals surface area contributed by atoms with Gasteiger partial charge in [-0.2, -0.15) is 0 Å². The molecule has 1 unspecified atom stereocenters. The Bertz CT molecular complexity index is 1090. The molecule has 0 aliphatic carbocycles. The van der Waals surface area contributed by atoms with Gasteiger partial charge in [0.05, 0.1) is 19.6 Å². The number of aliphatic hydroxyl groups is 1. The number of carbonyl (C=O) groups is 1. The molecular weight excluding hydrogens is 549 g/mol. The maximum Gasteiger partial charge on any atom is 0.348 e. The highest BCUT2D eigenvalue weighted by Crippen LogP contribution is 2.38. The van der Waals surface area contributed by atoms with Crippen LogP contribution in [0.1, 0.15) is 36.0 Å². The monoisotopic (exact) mass is 582 g/mol. The minimum Gasteiger partial charge on any atom is -0.453 e. The predicted molar refractivity (Wildman–Crippen MR) is 146 cm³/mol. The minimum atomic E-state index is -1.82. The number of aryl methyl sites for hydroxylation is 1. The van der Waals surface area contributed by atoms with Crippen molar-refractivity contribution in [3.05, 3.63) is 105 Å². The fraction of sp³-hybridized carbons (Fsp3) is 0.367. The van der Waals surface area contributed by atoms with Crippen molar-refractivity contribution < 1.29 is 19.1 Å². The van der Waals surface area contributed by atoms with Crippen LogP contribution in [0.5, 0.6) is 0 Å². The second-order valence-corrected chi connectivity index (χ2v) is 11.4. The van der Waals surface area contributed by atoms with Crippen molar-refractivity contribution in [1.82, 2.24) is 0 Å². The smallest absolute Gasteiger partial charge is 0.348 e. The summed E-state index contributed by atoms with van der Waals surface area (Å²) in [6, 6.07) is 27.1. The van der Waals surface area contributed by atoms with Gasteiger partial charge in [0.1, 0.15) is 6.54 Å². The molecule has 0 saturated carbocycles. The Morgan fingerprint density at radius 1 is 0.914 bits per heavy atom. The average molecular weight is 583 g/mol. The fourth-order valence-electron chi connectivity index (χ4n) is 5.92. The Morgan fingerprint density at radius 3 is 2.06 bits per heavy atom. The number of esters is 1. The van der Waals surface area contributed by atoms with Gasteiger partial charge in [-0.1, -0.05) is 72.8 Å². The Morgan fingerprint density at radius 2 is 1.49 bits per heavy atom. The molecule has 1 N–H and O–H groups in total. The third kappa shape index (κ3) is 5.18. The number of benzene rings is 3. The molecule has 3 aliphatic rings. The summed E-state index contributed by atoms with van der Waals surface area (Å²) in [4.78, 5) is 13.7. The standard InChI is InChI=1S/C30H33INO3/c31-27-15-13-23(14-16-27)8-7-19-32-20-17-24(18-21-32)28(22-32)35-29(33)30(34,25-9-3-1-4-10-25)26-11-5-2-6-12-26/h1-6,9-16,24,28,34H,7-8,17-22H2/q+1. The molecule has 3 saturated heterocycles. The van der Waals surface area contributed by atoms with Gasteiger partial charge in [0, 0.05) is 28.8 Å². The molecule has 0 spiro atoms. The number of quaternary nitrogens is 1. The van der Waals surface area contributed by atoms with E-state index in [2.05, 4.69) is 46.9 Å². The quantitative estimate of drug-likeness (QED) is 0.223. The largest absolute Gasteiger partial charge is 0.453 e. The average Bonchev–Trinajstić information content (AvgIpc) is 2.91. The number of hydrogen-bond donors (Lipinski definition) is 1. The summed E-state index contributed by atoms with van der Waals surface area (Å²) in [7, 11) is 0. The molecule has 6 rings (SSSR count). The fourth-order valence-corrected chi connectivity index (χ4v) is 6.28. The van der Waals surface area contributed by atoms with E-state index in [4.69, 9.17) is 4.74 Å². The van der Waals surface area contributed by atoms with Crippen LogP contribution in [0.3, 0.4) is 0 Å². The lowest BCUT2D eigenvalue weighted by Gasteiger charge is -2.52. The van der Waals surface area contributed by atoms with Gasteiger partial charge in [-0.05, 0) is 57.8 Å². The van der Waals surface area contributed by atoms with Crippen LogP contribution in [0.2, 0.25) is 0 Å². The molecule has 1 atom stereocenters. The van der Waals surface area contributed by atoms with Crippen molar-refractivity contribution in [2.75, 3.05) is 26.2 Å². The van der Waals surface area contributed by atoms with Crippen LogP contribution in [0.4, 0.5) is 0 Å². The van der Waals surface area contributed by atoms with E-state index in [1.807, 2.05) is 36.4 Å². The highest BCUT2D eigenvalue weighted by atomic mass is 127. The first-order valence-corrected chi connectivity index (χ1v) is 13.7. The number of carbonyl (C=O) groups excluding carboxylic acids is 1. The van der Waals surface area contributed by atoms with Crippen molar-refractivity contribution >= 4 is 28.6 Å². The van der Waals surface area contributed by atoms with E-state index in [-0.39, 0.29) is 6.10 Å². The van der Waals surface area contributed by atoms with Crippen molar-refractivity contribution in [2.24, 2.45) is 5.92 Å². The first-order chi connectivity index (χ1) is 17.0. The highest BCUT2D eigenvalue weighted by molar-refractivity contribution is 14.1. The third-order valence-electron chi connectivity index (χ3n) is 7.99. The Labute approximate surface area is 221 Å². The zero-order valence-electron chi connectivity index (χ0n) is 20.0. The van der Waals surface area contributed by atoms with Crippen LogP contribution in [0, 0.1) is 9.49 Å². The molecule has 3 aromatic rings. The molecule has 3 fully saturated rings. The van der Waals surface area contributed by atoms with Crippen molar-refractivity contribution in [1.29, 1.82) is 0 Å². The molecule has 5 heteroatoms. The molecule has 4 nitrogen and oxygen atoms in total. The summed E-state index contributed by atoms with van der Waals surface area (Å²) < 4.78 is 8.48. The molecule has 3 heterocycles. The maximum absolute atomic E-state index is 13.7. The predicted octanol–water partition coefficient (Wildman–Crippen LogP) is 5.31. The number of piperidine rings is 3. The summed E-state index contributed by atoms with van der Waals surface area (Å²) in [5, 5.41) is 11.8. The Kier molecular flexibility index (Phi) is 7.28. The van der Waals surface area contributed by atoms with Crippen LogP contribution in [-0.4, -0.2) is 47.8 Å². The van der Waals surface area contributed by atoms with E-state index in [0.29, 0.717) is 17.0 Å². The molecule has 3 aliphatic heterocycles. The van der Waals surface area contributed by atoms with Crippen LogP contribution in [-0.2, 0) is 21.6 Å². The van der Waals surface area contributed by atoms with Gasteiger partial charge in [0.15, 0.2) is 6.10 Å². The van der Waals surface area contributed by atoms with Crippen molar-refractivity contribution in [3.63, 3.8) is 0 Å². The van der Waals surface area contributed by atoms with Crippen molar-refractivity contribution in [3.8, 4) is 0 Å². The van der Waals surface area contributed by atoms with Gasteiger partial charge in [-0.25, -0.2) is 4.79 Å². The van der Waals surface area contributed by atoms with E-state index >= 15 is 0 Å². The lowest BCUT2D eigenvalue weighted by Crippen LogP contribution is -2.65. The number of nitrogens with zero attached hydrogens (tertiary/aromatic N) is 1. The normalized spacial score (nSPS) is 23.7. The number of fused-ring (bicyclic) bond motifs is 3. The van der Waals surface area contributed by atoms with Crippen LogP contribution >= 0.6 is 22.6 Å². The lowest BCUT2D eigenvalue weighted by atomic mass is 9.82. The Balaban J connectivity index is 1.30. The second-order valence-electron chi connectivity index (χ2n) is 10.1. The summed E-state index contributed by atoms with van der Waals surface area (Å²) in [6.45, 7) is 4.28. The van der Waals surface area contributed by atoms with Gasteiger partial charge in [-0.3, -0.25) is 0 Å². The van der Waals surface area contributed by atoms with Crippen LogP contribution < -0.4 is 0 Å². The van der Waals surface area contributed by atoms with Gasteiger partial charge < -0.3 is 14.3 Å². The molecular formula is C30H33INO3+. The zero-order chi connectivity index (χ0) is 24.3. The van der Waals surface area contributed by atoms with E-state index < -0.39 is 11.6 Å². The van der Waals surface area contributed by atoms with E-state index in [9.17, 15) is 9.90 Å². The molecule has 2 bridgehead atoms. The molecule has 0 amide bonds. The van der Waals surface area contributed by atoms with Crippen LogP contribution in [0.15, 0.2) is 84.9 Å². The van der Waals surface area contributed by atoms with Gasteiger partial charge in [0.2, 0.25) is 5.60 Å². The number of hydrogen-bond acceptors (Lipinski definition) is 3. The number of ether oxygens (including phenoxy) is 1. The molecule has 0 aromatic heterocycles. The van der Waals surface area contributed by atoms with Crippen LogP contribution in [0.25, 0.3) is 0 Å². The highest BCUT2D eigenvalue weighted by Gasteiger charge is 2.50. The van der Waals surface area contributed by atoms with Crippen molar-refractivity contribution in [2.45, 2.75) is 37.4 Å². The number of halogens is 1. The summed E-state index contributed by atoms with van der Waals surface area (Å²) in [6.07, 6.45) is 4.21. The number of rotatable bonds is 8. The summed E-state index contributed by atoms with van der Waals surface area (Å²) >= 11 is 2.34. The molecule has 0 radical (unpaired) electrons. The third-order valence-corrected chi connectivity index (χ3v) is 8.71. The summed E-state index contributed by atoms with van der Waals surface area (Å²) in [5.41, 5.74) is 0.650. The summed E-state index contributed by atoms with van der Waals surface area (Å²) in [5.74, 6) is -0.184. The van der Waals surface area contributed by atoms with E-state index in [0.717, 1.165) is 56.3 Å². The van der Waals surface area contributed by atoms with Gasteiger partial charge >= 0.3 is 5.97 Å². The van der Waals surface area contributed by atoms with Gasteiger partial charge in [0.25, 0.3) is 0 Å². The van der Waals surface area contributed by atoms with E-state index in [1.165, 1.54) is 9.13 Å². The zero-order valence-corrected chi connectivity index (χ0v) is 22.1. The van der Waals surface area contributed by atoms with Gasteiger partial charge in [-0.15, -0.1) is 0 Å². The lowest BCUT2D eigenvalue weighted by molar-refractivity contribution is -0.946. The maximum atomic E-state index is 13.7. The first-order valence-electron chi connectivity index (χ1n) is 12.6. The second kappa shape index (κ2) is 10.4.